The molecular weight excluding hydrogens is 206 g/mol. The Morgan fingerprint density at radius 1 is 1.56 bits per heavy atom. The van der Waals surface area contributed by atoms with E-state index in [9.17, 15) is 9.59 Å². The zero-order valence-corrected chi connectivity index (χ0v) is 10.1. The van der Waals surface area contributed by atoms with Gasteiger partial charge in [0.1, 0.15) is 0 Å². The number of nitrogens with zero attached hydrogens (tertiary/aromatic N) is 1. The van der Waals surface area contributed by atoms with E-state index in [-0.39, 0.29) is 17.9 Å². The normalized spacial score (nSPS) is 17.6. The van der Waals surface area contributed by atoms with Crippen LogP contribution in [-0.4, -0.2) is 48.9 Å². The van der Waals surface area contributed by atoms with Gasteiger partial charge in [0.15, 0.2) is 0 Å². The van der Waals surface area contributed by atoms with Gasteiger partial charge in [-0.25, -0.2) is 0 Å². The maximum Gasteiger partial charge on any atom is 0.234 e. The SMILES string of the molecule is CCNCC(=O)NC(C)CN1CCCC1=O. The van der Waals surface area contributed by atoms with Crippen molar-refractivity contribution < 1.29 is 9.59 Å². The third-order valence-electron chi connectivity index (χ3n) is 2.61. The number of carbonyl (C=O) groups excluding carboxylic acids is 2. The Hall–Kier alpha value is -1.10. The van der Waals surface area contributed by atoms with Crippen LogP contribution in [0.15, 0.2) is 0 Å². The average Bonchev–Trinajstić information content (AvgIpc) is 2.61. The van der Waals surface area contributed by atoms with Crippen LogP contribution in [0, 0.1) is 0 Å². The average molecular weight is 227 g/mol. The summed E-state index contributed by atoms with van der Waals surface area (Å²) >= 11 is 0. The molecule has 1 unspecified atom stereocenters. The predicted molar refractivity (Wildman–Crippen MR) is 62.0 cm³/mol. The molecule has 2 amide bonds. The molecule has 92 valence electrons. The van der Waals surface area contributed by atoms with Crippen LogP contribution < -0.4 is 10.6 Å². The highest BCUT2D eigenvalue weighted by Gasteiger charge is 2.22. The third kappa shape index (κ3) is 4.18. The Balaban J connectivity index is 2.21. The van der Waals surface area contributed by atoms with Gasteiger partial charge in [-0.1, -0.05) is 6.92 Å². The van der Waals surface area contributed by atoms with Gasteiger partial charge in [-0.2, -0.15) is 0 Å². The molecule has 0 aliphatic carbocycles. The summed E-state index contributed by atoms with van der Waals surface area (Å²) in [5.74, 6) is 0.189. The summed E-state index contributed by atoms with van der Waals surface area (Å²) in [6.07, 6.45) is 1.59. The Kier molecular flexibility index (Phi) is 5.25. The second-order valence-corrected chi connectivity index (χ2v) is 4.19. The minimum absolute atomic E-state index is 0.0130. The minimum Gasteiger partial charge on any atom is -0.351 e. The van der Waals surface area contributed by atoms with Crippen molar-refractivity contribution in [3.05, 3.63) is 0 Å². The van der Waals surface area contributed by atoms with E-state index < -0.39 is 0 Å². The van der Waals surface area contributed by atoms with Gasteiger partial charge in [-0.05, 0) is 19.9 Å². The summed E-state index contributed by atoms with van der Waals surface area (Å²) in [6, 6.07) is 0.0215. The van der Waals surface area contributed by atoms with Crippen molar-refractivity contribution in [2.75, 3.05) is 26.2 Å². The van der Waals surface area contributed by atoms with E-state index >= 15 is 0 Å². The molecule has 5 nitrogen and oxygen atoms in total. The summed E-state index contributed by atoms with van der Waals surface area (Å²) in [7, 11) is 0. The lowest BCUT2D eigenvalue weighted by atomic mass is 10.3. The molecule has 0 aromatic carbocycles. The topological polar surface area (TPSA) is 61.4 Å². The molecule has 0 spiro atoms. The van der Waals surface area contributed by atoms with E-state index in [2.05, 4.69) is 10.6 Å². The molecule has 1 atom stereocenters. The molecule has 1 fully saturated rings. The Morgan fingerprint density at radius 2 is 2.31 bits per heavy atom. The molecule has 0 aromatic rings. The van der Waals surface area contributed by atoms with Gasteiger partial charge in [0.25, 0.3) is 0 Å². The number of hydrogen-bond acceptors (Lipinski definition) is 3. The standard InChI is InChI=1S/C11H21N3O2/c1-3-12-7-10(15)13-9(2)8-14-6-4-5-11(14)16/h9,12H,3-8H2,1-2H3,(H,13,15). The van der Waals surface area contributed by atoms with Crippen molar-refractivity contribution in [1.29, 1.82) is 0 Å². The maximum absolute atomic E-state index is 11.4. The highest BCUT2D eigenvalue weighted by molar-refractivity contribution is 5.79. The van der Waals surface area contributed by atoms with E-state index in [4.69, 9.17) is 0 Å². The van der Waals surface area contributed by atoms with E-state index in [0.717, 1.165) is 19.5 Å². The number of likely N-dealkylation sites (N-methyl/N-ethyl adjacent to an activating group) is 1. The molecule has 0 saturated carbocycles. The Bertz CT molecular complexity index is 256. The molecule has 0 radical (unpaired) electrons. The molecule has 16 heavy (non-hydrogen) atoms. The molecule has 1 heterocycles. The number of carbonyl (C=O) groups is 2. The molecular formula is C11H21N3O2. The van der Waals surface area contributed by atoms with Crippen LogP contribution >= 0.6 is 0 Å². The van der Waals surface area contributed by atoms with Crippen molar-refractivity contribution >= 4 is 11.8 Å². The van der Waals surface area contributed by atoms with Crippen molar-refractivity contribution in [2.45, 2.75) is 32.7 Å². The van der Waals surface area contributed by atoms with Gasteiger partial charge in [-0.3, -0.25) is 9.59 Å². The molecule has 1 rings (SSSR count). The number of nitrogens with one attached hydrogen (secondary N) is 2. The molecule has 1 saturated heterocycles. The summed E-state index contributed by atoms with van der Waals surface area (Å²) in [5, 5.41) is 5.83. The van der Waals surface area contributed by atoms with Crippen molar-refractivity contribution in [3.63, 3.8) is 0 Å². The van der Waals surface area contributed by atoms with Gasteiger partial charge in [-0.15, -0.1) is 0 Å². The van der Waals surface area contributed by atoms with Crippen LogP contribution in [0.2, 0.25) is 0 Å². The zero-order valence-electron chi connectivity index (χ0n) is 10.1. The lowest BCUT2D eigenvalue weighted by Crippen LogP contribution is -2.45. The summed E-state index contributed by atoms with van der Waals surface area (Å²) in [4.78, 5) is 24.6. The van der Waals surface area contributed by atoms with Crippen molar-refractivity contribution in [1.82, 2.24) is 15.5 Å². The summed E-state index contributed by atoms with van der Waals surface area (Å²) in [5.41, 5.74) is 0. The minimum atomic E-state index is -0.0130. The first-order valence-electron chi connectivity index (χ1n) is 5.91. The first-order valence-corrected chi connectivity index (χ1v) is 5.91. The zero-order chi connectivity index (χ0) is 12.0. The summed E-state index contributed by atoms with van der Waals surface area (Å²) in [6.45, 7) is 6.46. The molecule has 1 aliphatic heterocycles. The Labute approximate surface area is 96.6 Å². The van der Waals surface area contributed by atoms with Crippen LogP contribution in [0.25, 0.3) is 0 Å². The van der Waals surface area contributed by atoms with E-state index in [1.165, 1.54) is 0 Å². The lowest BCUT2D eigenvalue weighted by molar-refractivity contribution is -0.128. The quantitative estimate of drug-likeness (QED) is 0.656. The van der Waals surface area contributed by atoms with Crippen LogP contribution in [-0.2, 0) is 9.59 Å². The molecule has 1 aliphatic rings. The number of amides is 2. The fourth-order valence-electron chi connectivity index (χ4n) is 1.84. The van der Waals surface area contributed by atoms with Gasteiger partial charge < -0.3 is 15.5 Å². The van der Waals surface area contributed by atoms with Crippen LogP contribution in [0.1, 0.15) is 26.7 Å². The predicted octanol–water partition coefficient (Wildman–Crippen LogP) is -0.277. The summed E-state index contributed by atoms with van der Waals surface area (Å²) < 4.78 is 0. The van der Waals surface area contributed by atoms with Crippen molar-refractivity contribution in [3.8, 4) is 0 Å². The molecule has 0 aromatic heterocycles. The van der Waals surface area contributed by atoms with Crippen LogP contribution in [0.4, 0.5) is 0 Å². The van der Waals surface area contributed by atoms with E-state index in [1.807, 2.05) is 18.7 Å². The van der Waals surface area contributed by atoms with E-state index in [1.54, 1.807) is 0 Å². The molecule has 5 heteroatoms. The van der Waals surface area contributed by atoms with E-state index in [0.29, 0.717) is 19.5 Å². The third-order valence-corrected chi connectivity index (χ3v) is 2.61. The number of rotatable bonds is 6. The smallest absolute Gasteiger partial charge is 0.234 e. The number of hydrogen-bond donors (Lipinski definition) is 2. The number of likely N-dealkylation sites (tertiary alicyclic amines) is 1. The van der Waals surface area contributed by atoms with Crippen molar-refractivity contribution in [2.24, 2.45) is 0 Å². The second-order valence-electron chi connectivity index (χ2n) is 4.19. The highest BCUT2D eigenvalue weighted by atomic mass is 16.2. The second kappa shape index (κ2) is 6.48. The van der Waals surface area contributed by atoms with Gasteiger partial charge in [0.05, 0.1) is 6.54 Å². The largest absolute Gasteiger partial charge is 0.351 e. The first-order chi connectivity index (χ1) is 7.63. The molecule has 2 N–H and O–H groups in total. The first kappa shape index (κ1) is 13.0. The van der Waals surface area contributed by atoms with Crippen LogP contribution in [0.3, 0.4) is 0 Å². The maximum atomic E-state index is 11.4. The highest BCUT2D eigenvalue weighted by Crippen LogP contribution is 2.09. The van der Waals surface area contributed by atoms with Gasteiger partial charge in [0.2, 0.25) is 11.8 Å². The molecule has 0 bridgehead atoms. The fourth-order valence-corrected chi connectivity index (χ4v) is 1.84. The van der Waals surface area contributed by atoms with Gasteiger partial charge in [0, 0.05) is 25.6 Å². The van der Waals surface area contributed by atoms with Crippen LogP contribution in [0.5, 0.6) is 0 Å². The monoisotopic (exact) mass is 227 g/mol. The fraction of sp³-hybridized carbons (Fsp3) is 0.818. The Morgan fingerprint density at radius 3 is 2.88 bits per heavy atom. The van der Waals surface area contributed by atoms with Gasteiger partial charge >= 0.3 is 0 Å². The lowest BCUT2D eigenvalue weighted by Gasteiger charge is -2.21.